The Balaban J connectivity index is 2.57. The molecule has 2 N–H and O–H groups in total. The van der Waals surface area contributed by atoms with E-state index in [2.05, 4.69) is 0 Å². The van der Waals surface area contributed by atoms with Crippen LogP contribution in [-0.2, 0) is 4.79 Å². The van der Waals surface area contributed by atoms with Crippen molar-refractivity contribution >= 4 is 29.2 Å². The topological polar surface area (TPSA) is 66.8 Å². The van der Waals surface area contributed by atoms with Crippen LogP contribution in [-0.4, -0.2) is 28.9 Å². The zero-order valence-corrected chi connectivity index (χ0v) is 9.70. The van der Waals surface area contributed by atoms with Crippen molar-refractivity contribution in [1.82, 2.24) is 0 Å². The number of aliphatic hydroxyl groups excluding tert-OH is 1. The summed E-state index contributed by atoms with van der Waals surface area (Å²) in [6.45, 7) is -0.171. The molecule has 0 fully saturated rings. The van der Waals surface area contributed by atoms with Crippen molar-refractivity contribution in [2.75, 3.05) is 6.61 Å². The van der Waals surface area contributed by atoms with Crippen molar-refractivity contribution in [3.05, 3.63) is 28.2 Å². The number of ether oxygens (including phenoxy) is 1. The van der Waals surface area contributed by atoms with Crippen LogP contribution in [0.4, 0.5) is 0 Å². The summed E-state index contributed by atoms with van der Waals surface area (Å²) >= 11 is 11.6. The van der Waals surface area contributed by atoms with Gasteiger partial charge in [0.2, 0.25) is 0 Å². The first kappa shape index (κ1) is 13.1. The highest BCUT2D eigenvalue weighted by molar-refractivity contribution is 6.37. The summed E-state index contributed by atoms with van der Waals surface area (Å²) in [4.78, 5) is 10.3. The van der Waals surface area contributed by atoms with Gasteiger partial charge in [-0.1, -0.05) is 29.3 Å². The van der Waals surface area contributed by atoms with E-state index in [4.69, 9.17) is 33.0 Å². The average Bonchev–Trinajstić information content (AvgIpc) is 2.15. The molecule has 88 valence electrons. The van der Waals surface area contributed by atoms with Gasteiger partial charge in [0.1, 0.15) is 6.61 Å². The van der Waals surface area contributed by atoms with E-state index in [0.717, 1.165) is 0 Å². The lowest BCUT2D eigenvalue weighted by molar-refractivity contribution is -0.139. The average molecular weight is 265 g/mol. The van der Waals surface area contributed by atoms with Crippen LogP contribution < -0.4 is 4.74 Å². The van der Waals surface area contributed by atoms with Gasteiger partial charge in [-0.3, -0.25) is 4.79 Å². The first-order valence-corrected chi connectivity index (χ1v) is 5.23. The van der Waals surface area contributed by atoms with Crippen molar-refractivity contribution in [2.24, 2.45) is 0 Å². The SMILES string of the molecule is O=C(O)CC(O)COc1c(Cl)cccc1Cl. The highest BCUT2D eigenvalue weighted by Gasteiger charge is 2.13. The van der Waals surface area contributed by atoms with Crippen LogP contribution in [0.1, 0.15) is 6.42 Å². The first-order valence-electron chi connectivity index (χ1n) is 4.47. The summed E-state index contributed by atoms with van der Waals surface area (Å²) in [5, 5.41) is 18.3. The summed E-state index contributed by atoms with van der Waals surface area (Å²) in [6, 6.07) is 4.84. The van der Waals surface area contributed by atoms with Gasteiger partial charge in [0.15, 0.2) is 5.75 Å². The van der Waals surface area contributed by atoms with Crippen molar-refractivity contribution in [1.29, 1.82) is 0 Å². The predicted molar refractivity (Wildman–Crippen MR) is 60.2 cm³/mol. The molecule has 0 aliphatic carbocycles. The van der Waals surface area contributed by atoms with Gasteiger partial charge in [-0.05, 0) is 12.1 Å². The lowest BCUT2D eigenvalue weighted by Gasteiger charge is -2.12. The third-order valence-electron chi connectivity index (χ3n) is 1.75. The zero-order valence-electron chi connectivity index (χ0n) is 8.19. The largest absolute Gasteiger partial charge is 0.488 e. The molecule has 0 aromatic heterocycles. The van der Waals surface area contributed by atoms with E-state index in [-0.39, 0.29) is 18.8 Å². The second-order valence-electron chi connectivity index (χ2n) is 3.11. The maximum Gasteiger partial charge on any atom is 0.306 e. The Morgan fingerprint density at radius 3 is 2.44 bits per heavy atom. The first-order chi connectivity index (χ1) is 7.50. The Morgan fingerprint density at radius 2 is 1.94 bits per heavy atom. The number of carboxylic acids is 1. The Bertz CT molecular complexity index is 361. The summed E-state index contributed by atoms with van der Waals surface area (Å²) in [7, 11) is 0. The second kappa shape index (κ2) is 5.94. The minimum atomic E-state index is -1.10. The number of para-hydroxylation sites is 1. The van der Waals surface area contributed by atoms with Gasteiger partial charge in [-0.15, -0.1) is 0 Å². The fraction of sp³-hybridized carbons (Fsp3) is 0.300. The fourth-order valence-corrected chi connectivity index (χ4v) is 1.57. The molecule has 6 heteroatoms. The van der Waals surface area contributed by atoms with Crippen molar-refractivity contribution in [2.45, 2.75) is 12.5 Å². The molecule has 0 amide bonds. The van der Waals surface area contributed by atoms with E-state index in [0.29, 0.717) is 10.0 Å². The van der Waals surface area contributed by atoms with E-state index in [1.165, 1.54) is 0 Å². The van der Waals surface area contributed by atoms with Crippen LogP contribution in [0.25, 0.3) is 0 Å². The molecule has 0 spiro atoms. The molecule has 1 aromatic rings. The number of aliphatic hydroxyl groups is 1. The minimum Gasteiger partial charge on any atom is -0.488 e. The quantitative estimate of drug-likeness (QED) is 0.856. The van der Waals surface area contributed by atoms with Gasteiger partial charge >= 0.3 is 5.97 Å². The van der Waals surface area contributed by atoms with Crippen LogP contribution in [0.5, 0.6) is 5.75 Å². The van der Waals surface area contributed by atoms with Gasteiger partial charge in [0, 0.05) is 0 Å². The number of benzene rings is 1. The van der Waals surface area contributed by atoms with Crippen molar-refractivity contribution in [3.63, 3.8) is 0 Å². The number of hydrogen-bond acceptors (Lipinski definition) is 3. The molecule has 0 saturated heterocycles. The second-order valence-corrected chi connectivity index (χ2v) is 3.93. The van der Waals surface area contributed by atoms with Crippen LogP contribution >= 0.6 is 23.2 Å². The van der Waals surface area contributed by atoms with Gasteiger partial charge < -0.3 is 14.9 Å². The van der Waals surface area contributed by atoms with E-state index >= 15 is 0 Å². The summed E-state index contributed by atoms with van der Waals surface area (Å²) < 4.78 is 5.15. The molecule has 16 heavy (non-hydrogen) atoms. The number of rotatable bonds is 5. The van der Waals surface area contributed by atoms with Gasteiger partial charge in [0.25, 0.3) is 0 Å². The molecule has 0 aliphatic rings. The zero-order chi connectivity index (χ0) is 12.1. The maximum atomic E-state index is 10.3. The number of hydrogen-bond donors (Lipinski definition) is 2. The van der Waals surface area contributed by atoms with E-state index < -0.39 is 12.1 Å². The molecular weight excluding hydrogens is 255 g/mol. The number of carbonyl (C=O) groups is 1. The standard InChI is InChI=1S/C10H10Cl2O4/c11-7-2-1-3-8(12)10(7)16-5-6(13)4-9(14)15/h1-3,6,13H,4-5H2,(H,14,15). The van der Waals surface area contributed by atoms with E-state index in [1.807, 2.05) is 0 Å². The molecule has 1 rings (SSSR count). The Morgan fingerprint density at radius 1 is 1.38 bits per heavy atom. The highest BCUT2D eigenvalue weighted by atomic mass is 35.5. The van der Waals surface area contributed by atoms with Crippen LogP contribution in [0.15, 0.2) is 18.2 Å². The van der Waals surface area contributed by atoms with Gasteiger partial charge in [0.05, 0.1) is 22.6 Å². The lowest BCUT2D eigenvalue weighted by atomic mass is 10.3. The van der Waals surface area contributed by atoms with Crippen LogP contribution in [0.3, 0.4) is 0 Å². The third-order valence-corrected chi connectivity index (χ3v) is 2.34. The van der Waals surface area contributed by atoms with Gasteiger partial charge in [-0.2, -0.15) is 0 Å². The minimum absolute atomic E-state index is 0.171. The Labute approximate surface area is 102 Å². The lowest BCUT2D eigenvalue weighted by Crippen LogP contribution is -2.21. The third kappa shape index (κ3) is 3.89. The molecular formula is C10H10Cl2O4. The number of carboxylic acid groups (broad SMARTS) is 1. The molecule has 1 aromatic carbocycles. The summed E-state index contributed by atoms with van der Waals surface area (Å²) in [5.74, 6) is -0.850. The molecule has 1 unspecified atom stereocenters. The summed E-state index contributed by atoms with van der Waals surface area (Å²) in [5.41, 5.74) is 0. The Kier molecular flexibility index (Phi) is 4.86. The highest BCUT2D eigenvalue weighted by Crippen LogP contribution is 2.32. The van der Waals surface area contributed by atoms with Crippen LogP contribution in [0, 0.1) is 0 Å². The Hall–Kier alpha value is -0.970. The van der Waals surface area contributed by atoms with Crippen molar-refractivity contribution < 1.29 is 19.7 Å². The molecule has 0 bridgehead atoms. The van der Waals surface area contributed by atoms with Crippen LogP contribution in [0.2, 0.25) is 10.0 Å². The van der Waals surface area contributed by atoms with E-state index in [9.17, 15) is 9.90 Å². The van der Waals surface area contributed by atoms with E-state index in [1.54, 1.807) is 18.2 Å². The normalized spacial score (nSPS) is 12.2. The number of halogens is 2. The number of aliphatic carboxylic acids is 1. The molecule has 0 radical (unpaired) electrons. The van der Waals surface area contributed by atoms with Gasteiger partial charge in [-0.25, -0.2) is 0 Å². The van der Waals surface area contributed by atoms with Crippen molar-refractivity contribution in [3.8, 4) is 5.75 Å². The molecule has 0 aliphatic heterocycles. The molecule has 1 atom stereocenters. The monoisotopic (exact) mass is 264 g/mol. The molecule has 0 heterocycles. The molecule has 4 nitrogen and oxygen atoms in total. The molecule has 0 saturated carbocycles. The smallest absolute Gasteiger partial charge is 0.306 e. The maximum absolute atomic E-state index is 10.3. The summed E-state index contributed by atoms with van der Waals surface area (Å²) in [6.07, 6.45) is -1.48. The predicted octanol–water partition coefficient (Wildman–Crippen LogP) is 2.21. The fourth-order valence-electron chi connectivity index (χ4n) is 1.06.